The molecule has 2 fully saturated rings. The Labute approximate surface area is 210 Å². The molecule has 2 aliphatic carbocycles. The number of carbonyl (C=O) groups is 2. The highest BCUT2D eigenvalue weighted by molar-refractivity contribution is 5.70. The van der Waals surface area contributed by atoms with Crippen LogP contribution in [-0.2, 0) is 23.2 Å². The van der Waals surface area contributed by atoms with Gasteiger partial charge in [0.15, 0.2) is 11.4 Å². The van der Waals surface area contributed by atoms with Crippen LogP contribution in [0.15, 0.2) is 18.3 Å². The van der Waals surface area contributed by atoms with Crippen molar-refractivity contribution in [3.63, 3.8) is 0 Å². The van der Waals surface area contributed by atoms with Crippen molar-refractivity contribution in [2.45, 2.75) is 64.1 Å². The van der Waals surface area contributed by atoms with Crippen LogP contribution >= 0.6 is 0 Å². The molecule has 2 heterocycles. The van der Waals surface area contributed by atoms with E-state index < -0.39 is 11.9 Å². The molecule has 1 N–H and O–H groups in total. The van der Waals surface area contributed by atoms with Crippen LogP contribution in [0.1, 0.15) is 62.8 Å². The normalized spacial score (nSPS) is 20.0. The molecule has 10 heteroatoms. The second kappa shape index (κ2) is 11.4. The molecule has 192 valence electrons. The molecule has 0 radical (unpaired) electrons. The summed E-state index contributed by atoms with van der Waals surface area (Å²) < 4.78 is 13.2. The third-order valence-corrected chi connectivity index (χ3v) is 7.22. The molecule has 2 atom stereocenters. The Morgan fingerprint density at radius 2 is 2.00 bits per heavy atom. The maximum Gasteiger partial charge on any atom is 0.409 e. The van der Waals surface area contributed by atoms with E-state index in [4.69, 9.17) is 9.47 Å². The van der Waals surface area contributed by atoms with Crippen LogP contribution in [0.2, 0.25) is 0 Å². The minimum atomic E-state index is -0.813. The van der Waals surface area contributed by atoms with Crippen molar-refractivity contribution < 1.29 is 24.2 Å². The number of hydrogen-bond donors (Lipinski definition) is 1. The molecule has 2 aliphatic rings. The van der Waals surface area contributed by atoms with Gasteiger partial charge in [-0.15, -0.1) is 0 Å². The molecule has 2 saturated carbocycles. The standard InChI is InChI=1S/C26H33N5O5/c1-30(15-17-6-3-4-7-17)26(34)35-16-23-20(14-28-31(23)2)21-10-11-24(22(13-27)29-21)36-19-9-5-8-18(12-19)25(32)33/h10-11,14,17-19H,3-9,12,15-16H2,1-2H3,(H,32,33)/t18-,19?/m0/s1. The summed E-state index contributed by atoms with van der Waals surface area (Å²) in [6.07, 6.45) is 8.28. The molecule has 1 unspecified atom stereocenters. The van der Waals surface area contributed by atoms with Gasteiger partial charge in [-0.25, -0.2) is 9.78 Å². The largest absolute Gasteiger partial charge is 0.487 e. The number of pyridine rings is 1. The number of aryl methyl sites for hydroxylation is 1. The van der Waals surface area contributed by atoms with E-state index in [0.29, 0.717) is 48.0 Å². The van der Waals surface area contributed by atoms with E-state index in [2.05, 4.69) is 16.2 Å². The highest BCUT2D eigenvalue weighted by Crippen LogP contribution is 2.31. The molecule has 36 heavy (non-hydrogen) atoms. The minimum Gasteiger partial charge on any atom is -0.487 e. The molecule has 1 amide bonds. The molecule has 0 aliphatic heterocycles. The third kappa shape index (κ3) is 5.96. The maximum absolute atomic E-state index is 12.5. The van der Waals surface area contributed by atoms with Gasteiger partial charge >= 0.3 is 12.1 Å². The minimum absolute atomic E-state index is 0.0279. The topological polar surface area (TPSA) is 131 Å². The van der Waals surface area contributed by atoms with Gasteiger partial charge in [-0.1, -0.05) is 12.8 Å². The van der Waals surface area contributed by atoms with Crippen LogP contribution < -0.4 is 4.74 Å². The average Bonchev–Trinajstić information content (AvgIpc) is 3.52. The zero-order chi connectivity index (χ0) is 25.7. The summed E-state index contributed by atoms with van der Waals surface area (Å²) in [5, 5.41) is 23.3. The molecular formula is C26H33N5O5. The first kappa shape index (κ1) is 25.5. The predicted octanol–water partition coefficient (Wildman–Crippen LogP) is 4.13. The van der Waals surface area contributed by atoms with Crippen molar-refractivity contribution in [1.29, 1.82) is 5.26 Å². The number of amides is 1. The lowest BCUT2D eigenvalue weighted by molar-refractivity contribution is -0.143. The Kier molecular flexibility index (Phi) is 8.08. The second-order valence-electron chi connectivity index (χ2n) is 9.81. The van der Waals surface area contributed by atoms with Crippen LogP contribution in [0.4, 0.5) is 4.79 Å². The molecule has 4 rings (SSSR count). The number of carboxylic acid groups (broad SMARTS) is 1. The van der Waals surface area contributed by atoms with Crippen LogP contribution in [0.25, 0.3) is 11.3 Å². The van der Waals surface area contributed by atoms with Gasteiger partial charge in [-0.3, -0.25) is 9.48 Å². The Bertz CT molecular complexity index is 1130. The highest BCUT2D eigenvalue weighted by atomic mass is 16.6. The SMILES string of the molecule is CN(CC1CCCC1)C(=O)OCc1c(-c2ccc(OC3CCC[C@H](C(=O)O)C3)c(C#N)n2)cnn1C. The third-order valence-electron chi connectivity index (χ3n) is 7.22. The number of aliphatic carboxylic acids is 1. The van der Waals surface area contributed by atoms with Gasteiger partial charge in [0, 0.05) is 26.2 Å². The summed E-state index contributed by atoms with van der Waals surface area (Å²) in [4.78, 5) is 30.0. The summed E-state index contributed by atoms with van der Waals surface area (Å²) in [5.74, 6) is -0.373. The molecular weight excluding hydrogens is 462 g/mol. The molecule has 10 nitrogen and oxygen atoms in total. The van der Waals surface area contributed by atoms with Gasteiger partial charge in [0.05, 0.1) is 29.6 Å². The lowest BCUT2D eigenvalue weighted by Crippen LogP contribution is -2.31. The van der Waals surface area contributed by atoms with Crippen molar-refractivity contribution in [1.82, 2.24) is 19.7 Å². The number of rotatable bonds is 8. The van der Waals surface area contributed by atoms with Crippen LogP contribution in [-0.4, -0.2) is 56.5 Å². The van der Waals surface area contributed by atoms with Crippen molar-refractivity contribution in [2.75, 3.05) is 13.6 Å². The van der Waals surface area contributed by atoms with Crippen molar-refractivity contribution in [3.8, 4) is 23.1 Å². The summed E-state index contributed by atoms with van der Waals surface area (Å²) in [6, 6.07) is 5.51. The van der Waals surface area contributed by atoms with Gasteiger partial charge in [-0.2, -0.15) is 10.4 Å². The lowest BCUT2D eigenvalue weighted by Gasteiger charge is -2.27. The van der Waals surface area contributed by atoms with E-state index in [-0.39, 0.29) is 24.5 Å². The van der Waals surface area contributed by atoms with Gasteiger partial charge in [-0.05, 0) is 56.6 Å². The Morgan fingerprint density at radius 3 is 2.72 bits per heavy atom. The maximum atomic E-state index is 12.5. The molecule has 0 saturated heterocycles. The number of hydrogen-bond acceptors (Lipinski definition) is 7. The van der Waals surface area contributed by atoms with Gasteiger partial charge < -0.3 is 19.5 Å². The fourth-order valence-electron chi connectivity index (χ4n) is 5.17. The van der Waals surface area contributed by atoms with Gasteiger partial charge in [0.25, 0.3) is 0 Å². The molecule has 2 aromatic rings. The van der Waals surface area contributed by atoms with Crippen molar-refractivity contribution >= 4 is 12.1 Å². The molecule has 0 bridgehead atoms. The number of aromatic nitrogens is 3. The van der Waals surface area contributed by atoms with Gasteiger partial charge in [0.2, 0.25) is 0 Å². The summed E-state index contributed by atoms with van der Waals surface area (Å²) in [6.45, 7) is 0.722. The van der Waals surface area contributed by atoms with E-state index in [9.17, 15) is 20.0 Å². The number of nitriles is 1. The van der Waals surface area contributed by atoms with Crippen LogP contribution in [0.3, 0.4) is 0 Å². The highest BCUT2D eigenvalue weighted by Gasteiger charge is 2.29. The second-order valence-corrected chi connectivity index (χ2v) is 9.81. The average molecular weight is 496 g/mol. The van der Waals surface area contributed by atoms with Crippen molar-refractivity contribution in [3.05, 3.63) is 29.7 Å². The quantitative estimate of drug-likeness (QED) is 0.578. The summed E-state index contributed by atoms with van der Waals surface area (Å²) in [7, 11) is 3.52. The Hall–Kier alpha value is -3.61. The summed E-state index contributed by atoms with van der Waals surface area (Å²) >= 11 is 0. The van der Waals surface area contributed by atoms with Gasteiger partial charge in [0.1, 0.15) is 12.7 Å². The van der Waals surface area contributed by atoms with E-state index >= 15 is 0 Å². The first-order valence-corrected chi connectivity index (χ1v) is 12.6. The fraction of sp³-hybridized carbons (Fsp3) is 0.577. The van der Waals surface area contributed by atoms with Crippen LogP contribution in [0, 0.1) is 23.2 Å². The predicted molar refractivity (Wildman–Crippen MR) is 130 cm³/mol. The summed E-state index contributed by atoms with van der Waals surface area (Å²) in [5.41, 5.74) is 1.96. The zero-order valence-electron chi connectivity index (χ0n) is 20.9. The van der Waals surface area contributed by atoms with Crippen molar-refractivity contribution in [2.24, 2.45) is 18.9 Å². The molecule has 0 aromatic carbocycles. The Morgan fingerprint density at radius 1 is 1.22 bits per heavy atom. The fourth-order valence-corrected chi connectivity index (χ4v) is 5.17. The first-order valence-electron chi connectivity index (χ1n) is 12.6. The molecule has 2 aromatic heterocycles. The molecule has 0 spiro atoms. The lowest BCUT2D eigenvalue weighted by atomic mass is 9.87. The van der Waals surface area contributed by atoms with Crippen LogP contribution in [0.5, 0.6) is 5.75 Å². The Balaban J connectivity index is 1.44. The number of carbonyl (C=O) groups excluding carboxylic acids is 1. The number of ether oxygens (including phenoxy) is 2. The number of carboxylic acids is 1. The van der Waals surface area contributed by atoms with E-state index in [1.165, 1.54) is 12.8 Å². The van der Waals surface area contributed by atoms with E-state index in [1.54, 1.807) is 42.0 Å². The van der Waals surface area contributed by atoms with E-state index in [1.807, 2.05) is 0 Å². The zero-order valence-corrected chi connectivity index (χ0v) is 20.9. The number of nitrogens with zero attached hydrogens (tertiary/aromatic N) is 5. The monoisotopic (exact) mass is 495 g/mol. The smallest absolute Gasteiger partial charge is 0.409 e. The first-order chi connectivity index (χ1) is 17.4. The van der Waals surface area contributed by atoms with E-state index in [0.717, 1.165) is 25.7 Å².